The maximum atomic E-state index is 5.78. The number of rotatable bonds is 3. The van der Waals surface area contributed by atoms with Gasteiger partial charge in [-0.2, -0.15) is 0 Å². The number of aryl methyl sites for hydroxylation is 2. The second kappa shape index (κ2) is 7.54. The predicted molar refractivity (Wildman–Crippen MR) is 78.0 cm³/mol. The molecule has 0 radical (unpaired) electrons. The van der Waals surface area contributed by atoms with Crippen molar-refractivity contribution in [2.75, 3.05) is 0 Å². The van der Waals surface area contributed by atoms with E-state index in [1.54, 1.807) is 0 Å². The average Bonchev–Trinajstić information content (AvgIpc) is 2.41. The molecule has 18 heavy (non-hydrogen) atoms. The van der Waals surface area contributed by atoms with E-state index in [0.29, 0.717) is 6.61 Å². The van der Waals surface area contributed by atoms with E-state index in [2.05, 4.69) is 38.1 Å². The molecule has 0 amide bonds. The second-order valence-corrected chi connectivity index (χ2v) is 4.04. The molecule has 1 heteroatoms. The van der Waals surface area contributed by atoms with Crippen LogP contribution < -0.4 is 4.74 Å². The summed E-state index contributed by atoms with van der Waals surface area (Å²) in [5.41, 5.74) is 3.66. The van der Waals surface area contributed by atoms with Gasteiger partial charge in [0.05, 0.1) is 0 Å². The Kier molecular flexibility index (Phi) is 5.99. The van der Waals surface area contributed by atoms with Crippen LogP contribution >= 0.6 is 0 Å². The molecule has 0 saturated heterocycles. The third-order valence-electron chi connectivity index (χ3n) is 2.57. The lowest BCUT2D eigenvalue weighted by atomic mass is 10.1. The summed E-state index contributed by atoms with van der Waals surface area (Å²) < 4.78 is 5.78. The van der Waals surface area contributed by atoms with Gasteiger partial charge in [-0.25, -0.2) is 0 Å². The van der Waals surface area contributed by atoms with Crippen molar-refractivity contribution in [3.63, 3.8) is 0 Å². The van der Waals surface area contributed by atoms with E-state index in [1.165, 1.54) is 16.7 Å². The fourth-order valence-corrected chi connectivity index (χ4v) is 1.70. The second-order valence-electron chi connectivity index (χ2n) is 4.04. The lowest BCUT2D eigenvalue weighted by Gasteiger charge is -2.09. The molecule has 0 N–H and O–H groups in total. The van der Waals surface area contributed by atoms with Crippen LogP contribution in [0.5, 0.6) is 5.75 Å². The molecule has 0 aliphatic carbocycles. The molecular formula is C17H22O. The zero-order valence-corrected chi connectivity index (χ0v) is 11.7. The van der Waals surface area contributed by atoms with Gasteiger partial charge in [0, 0.05) is 0 Å². The van der Waals surface area contributed by atoms with Crippen molar-refractivity contribution in [1.29, 1.82) is 0 Å². The van der Waals surface area contributed by atoms with Crippen LogP contribution in [-0.4, -0.2) is 0 Å². The van der Waals surface area contributed by atoms with E-state index < -0.39 is 0 Å². The Morgan fingerprint density at radius 3 is 2.17 bits per heavy atom. The Labute approximate surface area is 110 Å². The van der Waals surface area contributed by atoms with Crippen LogP contribution in [-0.2, 0) is 6.61 Å². The van der Waals surface area contributed by atoms with E-state index in [4.69, 9.17) is 4.74 Å². The Morgan fingerprint density at radius 1 is 0.889 bits per heavy atom. The minimum absolute atomic E-state index is 0.630. The standard InChI is InChI=1S/C15H16O.C2H6/c1-12-8-9-15(13(2)10-12)16-11-14-6-4-3-5-7-14;1-2/h3-10H,11H2,1-2H3;1-2H3. The molecule has 0 aromatic heterocycles. The average molecular weight is 242 g/mol. The van der Waals surface area contributed by atoms with E-state index in [-0.39, 0.29) is 0 Å². The lowest BCUT2D eigenvalue weighted by Crippen LogP contribution is -1.96. The molecular weight excluding hydrogens is 220 g/mol. The zero-order valence-electron chi connectivity index (χ0n) is 11.7. The first kappa shape index (κ1) is 14.3. The van der Waals surface area contributed by atoms with E-state index >= 15 is 0 Å². The van der Waals surface area contributed by atoms with Gasteiger partial charge >= 0.3 is 0 Å². The smallest absolute Gasteiger partial charge is 0.122 e. The maximum Gasteiger partial charge on any atom is 0.122 e. The first-order valence-corrected chi connectivity index (χ1v) is 6.50. The van der Waals surface area contributed by atoms with Crippen LogP contribution in [0.4, 0.5) is 0 Å². The van der Waals surface area contributed by atoms with Crippen molar-refractivity contribution >= 4 is 0 Å². The molecule has 2 aromatic carbocycles. The Balaban J connectivity index is 0.000000771. The van der Waals surface area contributed by atoms with Crippen LogP contribution in [0.15, 0.2) is 48.5 Å². The minimum atomic E-state index is 0.630. The Hall–Kier alpha value is -1.76. The quantitative estimate of drug-likeness (QED) is 0.743. The fourth-order valence-electron chi connectivity index (χ4n) is 1.70. The van der Waals surface area contributed by atoms with Gasteiger partial charge in [0.1, 0.15) is 12.4 Å². The first-order valence-electron chi connectivity index (χ1n) is 6.50. The van der Waals surface area contributed by atoms with Gasteiger partial charge in [0.25, 0.3) is 0 Å². The summed E-state index contributed by atoms with van der Waals surface area (Å²) in [7, 11) is 0. The van der Waals surface area contributed by atoms with E-state index in [9.17, 15) is 0 Å². The van der Waals surface area contributed by atoms with Gasteiger partial charge in [0.15, 0.2) is 0 Å². The summed E-state index contributed by atoms with van der Waals surface area (Å²) in [6, 6.07) is 16.5. The summed E-state index contributed by atoms with van der Waals surface area (Å²) in [5, 5.41) is 0. The number of ether oxygens (including phenoxy) is 1. The molecule has 96 valence electrons. The predicted octanol–water partition coefficient (Wildman–Crippen LogP) is 4.91. The zero-order chi connectivity index (χ0) is 13.4. The summed E-state index contributed by atoms with van der Waals surface area (Å²) in [6.45, 7) is 8.80. The highest BCUT2D eigenvalue weighted by molar-refractivity contribution is 5.35. The van der Waals surface area contributed by atoms with Crippen LogP contribution in [0.1, 0.15) is 30.5 Å². The Bertz CT molecular complexity index is 460. The summed E-state index contributed by atoms with van der Waals surface area (Å²) in [6.07, 6.45) is 0. The van der Waals surface area contributed by atoms with Crippen LogP contribution in [0.25, 0.3) is 0 Å². The molecule has 2 aromatic rings. The topological polar surface area (TPSA) is 9.23 Å². The van der Waals surface area contributed by atoms with Crippen LogP contribution in [0, 0.1) is 13.8 Å². The van der Waals surface area contributed by atoms with Gasteiger partial charge in [-0.05, 0) is 31.0 Å². The number of hydrogen-bond acceptors (Lipinski definition) is 1. The molecule has 0 unspecified atom stereocenters. The highest BCUT2D eigenvalue weighted by Gasteiger charge is 1.99. The lowest BCUT2D eigenvalue weighted by molar-refractivity contribution is 0.304. The number of hydrogen-bond donors (Lipinski definition) is 0. The summed E-state index contributed by atoms with van der Waals surface area (Å²) >= 11 is 0. The monoisotopic (exact) mass is 242 g/mol. The molecule has 1 nitrogen and oxygen atoms in total. The van der Waals surface area contributed by atoms with Crippen LogP contribution in [0.3, 0.4) is 0 Å². The normalized spacial score (nSPS) is 9.33. The van der Waals surface area contributed by atoms with Crippen molar-refractivity contribution in [2.24, 2.45) is 0 Å². The highest BCUT2D eigenvalue weighted by atomic mass is 16.5. The van der Waals surface area contributed by atoms with E-state index in [1.807, 2.05) is 38.1 Å². The third-order valence-corrected chi connectivity index (χ3v) is 2.57. The fraction of sp³-hybridized carbons (Fsp3) is 0.294. The van der Waals surface area contributed by atoms with Gasteiger partial charge < -0.3 is 4.74 Å². The van der Waals surface area contributed by atoms with Gasteiger partial charge in [-0.15, -0.1) is 0 Å². The first-order chi connectivity index (χ1) is 8.75. The Morgan fingerprint density at radius 2 is 1.56 bits per heavy atom. The number of benzene rings is 2. The van der Waals surface area contributed by atoms with Crippen molar-refractivity contribution < 1.29 is 4.74 Å². The molecule has 0 aliphatic heterocycles. The summed E-state index contributed by atoms with van der Waals surface area (Å²) in [5.74, 6) is 0.967. The van der Waals surface area contributed by atoms with Crippen molar-refractivity contribution in [3.8, 4) is 5.75 Å². The highest BCUT2D eigenvalue weighted by Crippen LogP contribution is 2.19. The van der Waals surface area contributed by atoms with Gasteiger partial charge in [0.2, 0.25) is 0 Å². The maximum absolute atomic E-state index is 5.78. The molecule has 0 fully saturated rings. The van der Waals surface area contributed by atoms with Crippen molar-refractivity contribution in [3.05, 3.63) is 65.2 Å². The summed E-state index contributed by atoms with van der Waals surface area (Å²) in [4.78, 5) is 0. The minimum Gasteiger partial charge on any atom is -0.489 e. The molecule has 0 atom stereocenters. The SMILES string of the molecule is CC.Cc1ccc(OCc2ccccc2)c(C)c1. The van der Waals surface area contributed by atoms with Crippen molar-refractivity contribution in [2.45, 2.75) is 34.3 Å². The van der Waals surface area contributed by atoms with Gasteiger partial charge in [-0.1, -0.05) is 61.9 Å². The van der Waals surface area contributed by atoms with Gasteiger partial charge in [-0.3, -0.25) is 0 Å². The molecule has 0 spiro atoms. The molecule has 0 saturated carbocycles. The van der Waals surface area contributed by atoms with Crippen molar-refractivity contribution in [1.82, 2.24) is 0 Å². The molecule has 0 heterocycles. The third kappa shape index (κ3) is 4.25. The van der Waals surface area contributed by atoms with Crippen LogP contribution in [0.2, 0.25) is 0 Å². The molecule has 2 rings (SSSR count). The van der Waals surface area contributed by atoms with E-state index in [0.717, 1.165) is 5.75 Å². The molecule has 0 aliphatic rings. The largest absolute Gasteiger partial charge is 0.489 e. The molecule has 0 bridgehead atoms.